The SMILES string of the molecule is CCCC.COc1ccc(P(=O)(O)O)cc1NC(=S)Nc1cccc2c1ncn2C. The van der Waals surface area contributed by atoms with Gasteiger partial charge in [0.15, 0.2) is 5.11 Å². The van der Waals surface area contributed by atoms with E-state index in [4.69, 9.17) is 17.0 Å². The van der Waals surface area contributed by atoms with Crippen molar-refractivity contribution in [3.63, 3.8) is 0 Å². The maximum Gasteiger partial charge on any atom is 0.356 e. The van der Waals surface area contributed by atoms with Gasteiger partial charge < -0.3 is 29.7 Å². The zero-order chi connectivity index (χ0) is 22.3. The second kappa shape index (κ2) is 10.5. The van der Waals surface area contributed by atoms with Crippen molar-refractivity contribution in [2.24, 2.45) is 7.05 Å². The number of anilines is 2. The Morgan fingerprint density at radius 2 is 1.83 bits per heavy atom. The number of methoxy groups -OCH3 is 1. The Hall–Kier alpha value is -2.45. The number of rotatable bonds is 5. The molecule has 0 radical (unpaired) electrons. The largest absolute Gasteiger partial charge is 0.495 e. The normalized spacial score (nSPS) is 10.9. The van der Waals surface area contributed by atoms with Crippen LogP contribution < -0.4 is 20.7 Å². The van der Waals surface area contributed by atoms with Crippen molar-refractivity contribution in [3.05, 3.63) is 42.7 Å². The Bertz CT molecular complexity index is 1060. The van der Waals surface area contributed by atoms with Crippen LogP contribution in [0.1, 0.15) is 26.7 Å². The standard InChI is InChI=1S/C16H17N4O4PS.C4H10/c1-20-9-17-15-11(4-3-5-13(15)20)18-16(26)19-12-8-10(25(21,22)23)6-7-14(12)24-2;1-3-4-2/h3-9H,1-2H3,(H2,18,19,26)(H2,21,22,23);3-4H2,1-2H3. The van der Waals surface area contributed by atoms with Crippen molar-refractivity contribution in [2.45, 2.75) is 26.7 Å². The summed E-state index contributed by atoms with van der Waals surface area (Å²) >= 11 is 5.33. The number of unbranched alkanes of at least 4 members (excludes halogenated alkanes) is 1. The summed E-state index contributed by atoms with van der Waals surface area (Å²) in [7, 11) is -1.03. The number of hydrogen-bond acceptors (Lipinski definition) is 4. The predicted molar refractivity (Wildman–Crippen MR) is 126 cm³/mol. The first-order valence-electron chi connectivity index (χ1n) is 9.43. The highest BCUT2D eigenvalue weighted by Crippen LogP contribution is 2.36. The summed E-state index contributed by atoms with van der Waals surface area (Å²) in [5.74, 6) is 0.405. The minimum atomic E-state index is -4.39. The highest BCUT2D eigenvalue weighted by Gasteiger charge is 2.19. The number of benzene rings is 2. The van der Waals surface area contributed by atoms with Crippen LogP contribution in [-0.4, -0.2) is 31.6 Å². The summed E-state index contributed by atoms with van der Waals surface area (Å²) in [6.07, 6.45) is 4.35. The predicted octanol–water partition coefficient (Wildman–Crippen LogP) is 4.00. The average molecular weight is 451 g/mol. The van der Waals surface area contributed by atoms with E-state index < -0.39 is 7.60 Å². The lowest BCUT2D eigenvalue weighted by Crippen LogP contribution is -2.20. The lowest BCUT2D eigenvalue weighted by molar-refractivity contribution is 0.387. The van der Waals surface area contributed by atoms with Gasteiger partial charge in [-0.05, 0) is 42.5 Å². The first-order valence-corrected chi connectivity index (χ1v) is 11.5. The second-order valence-corrected chi connectivity index (χ2v) is 8.55. The summed E-state index contributed by atoms with van der Waals surface area (Å²) in [6, 6.07) is 9.76. The molecule has 0 saturated carbocycles. The topological polar surface area (TPSA) is 109 Å². The molecule has 0 saturated heterocycles. The molecule has 0 amide bonds. The highest BCUT2D eigenvalue weighted by atomic mass is 32.1. The third-order valence-electron chi connectivity index (χ3n) is 4.27. The molecular weight excluding hydrogens is 423 g/mol. The van der Waals surface area contributed by atoms with E-state index in [1.165, 1.54) is 38.2 Å². The fourth-order valence-electron chi connectivity index (χ4n) is 2.51. The molecule has 0 fully saturated rings. The molecule has 0 aliphatic carbocycles. The molecule has 3 aromatic rings. The number of aromatic nitrogens is 2. The van der Waals surface area contributed by atoms with E-state index in [9.17, 15) is 14.4 Å². The maximum atomic E-state index is 11.5. The quantitative estimate of drug-likeness (QED) is 0.341. The Morgan fingerprint density at radius 3 is 2.43 bits per heavy atom. The van der Waals surface area contributed by atoms with E-state index in [-0.39, 0.29) is 10.4 Å². The molecule has 0 spiro atoms. The molecule has 2 aromatic carbocycles. The molecule has 1 heterocycles. The molecule has 3 rings (SSSR count). The van der Waals surface area contributed by atoms with Gasteiger partial charge in [-0.15, -0.1) is 0 Å². The smallest absolute Gasteiger partial charge is 0.356 e. The van der Waals surface area contributed by atoms with Crippen LogP contribution in [0.2, 0.25) is 0 Å². The van der Waals surface area contributed by atoms with Crippen molar-refractivity contribution < 1.29 is 19.1 Å². The first kappa shape index (κ1) is 23.8. The zero-order valence-electron chi connectivity index (χ0n) is 17.4. The van der Waals surface area contributed by atoms with Crippen LogP contribution in [0.5, 0.6) is 5.75 Å². The van der Waals surface area contributed by atoms with E-state index in [2.05, 4.69) is 29.5 Å². The molecule has 0 unspecified atom stereocenters. The molecule has 0 aliphatic heterocycles. The third-order valence-corrected chi connectivity index (χ3v) is 5.43. The van der Waals surface area contributed by atoms with Crippen molar-refractivity contribution in [1.82, 2.24) is 9.55 Å². The Balaban J connectivity index is 0.000000735. The van der Waals surface area contributed by atoms with Gasteiger partial charge in [0.2, 0.25) is 0 Å². The lowest BCUT2D eigenvalue weighted by Gasteiger charge is -2.15. The van der Waals surface area contributed by atoms with Crippen LogP contribution in [0.15, 0.2) is 42.7 Å². The molecular formula is C20H27N4O4PS. The highest BCUT2D eigenvalue weighted by molar-refractivity contribution is 7.80. The molecule has 0 aliphatic rings. The fraction of sp³-hybridized carbons (Fsp3) is 0.300. The van der Waals surface area contributed by atoms with E-state index >= 15 is 0 Å². The Labute approximate surface area is 181 Å². The van der Waals surface area contributed by atoms with Crippen LogP contribution in [0, 0.1) is 0 Å². The van der Waals surface area contributed by atoms with Crippen LogP contribution >= 0.6 is 19.8 Å². The monoisotopic (exact) mass is 450 g/mol. The zero-order valence-corrected chi connectivity index (χ0v) is 19.1. The summed E-state index contributed by atoms with van der Waals surface area (Å²) in [6.45, 7) is 4.36. The van der Waals surface area contributed by atoms with E-state index in [0.29, 0.717) is 17.1 Å². The third kappa shape index (κ3) is 6.03. The van der Waals surface area contributed by atoms with E-state index in [1.54, 1.807) is 6.33 Å². The van der Waals surface area contributed by atoms with Gasteiger partial charge in [-0.1, -0.05) is 32.8 Å². The van der Waals surface area contributed by atoms with Gasteiger partial charge in [-0.3, -0.25) is 4.57 Å². The number of ether oxygens (including phenoxy) is 1. The molecule has 1 aromatic heterocycles. The minimum absolute atomic E-state index is 0.129. The Kier molecular flexibility index (Phi) is 8.37. The van der Waals surface area contributed by atoms with Gasteiger partial charge in [0.25, 0.3) is 0 Å². The molecule has 8 nitrogen and oxygen atoms in total. The van der Waals surface area contributed by atoms with Gasteiger partial charge in [-0.25, -0.2) is 4.98 Å². The molecule has 0 atom stereocenters. The number of nitrogens with one attached hydrogen (secondary N) is 2. The number of nitrogens with zero attached hydrogens (tertiary/aromatic N) is 2. The van der Waals surface area contributed by atoms with Gasteiger partial charge in [0, 0.05) is 7.05 Å². The molecule has 10 heteroatoms. The molecule has 30 heavy (non-hydrogen) atoms. The summed E-state index contributed by atoms with van der Waals surface area (Å²) in [5.41, 5.74) is 2.76. The molecule has 0 bridgehead atoms. The summed E-state index contributed by atoms with van der Waals surface area (Å²) < 4.78 is 18.6. The summed E-state index contributed by atoms with van der Waals surface area (Å²) in [4.78, 5) is 23.0. The van der Waals surface area contributed by atoms with Crippen molar-refractivity contribution in [2.75, 3.05) is 17.7 Å². The van der Waals surface area contributed by atoms with Gasteiger partial charge in [0.05, 0.1) is 35.6 Å². The minimum Gasteiger partial charge on any atom is -0.495 e. The van der Waals surface area contributed by atoms with Crippen molar-refractivity contribution in [3.8, 4) is 5.75 Å². The number of hydrogen-bond donors (Lipinski definition) is 4. The number of fused-ring (bicyclic) bond motifs is 1. The average Bonchev–Trinajstić information content (AvgIpc) is 3.09. The molecule has 4 N–H and O–H groups in total. The second-order valence-electron chi connectivity index (χ2n) is 6.54. The van der Waals surface area contributed by atoms with Crippen LogP contribution in [-0.2, 0) is 11.6 Å². The van der Waals surface area contributed by atoms with E-state index in [0.717, 1.165) is 11.0 Å². The number of thiocarbonyl (C=S) groups is 1. The van der Waals surface area contributed by atoms with Crippen LogP contribution in [0.4, 0.5) is 11.4 Å². The van der Waals surface area contributed by atoms with Crippen LogP contribution in [0.25, 0.3) is 11.0 Å². The van der Waals surface area contributed by atoms with Gasteiger partial charge in [0.1, 0.15) is 11.3 Å². The lowest BCUT2D eigenvalue weighted by atomic mass is 10.2. The maximum absolute atomic E-state index is 11.5. The number of para-hydroxylation sites is 1. The van der Waals surface area contributed by atoms with Crippen molar-refractivity contribution in [1.29, 1.82) is 0 Å². The summed E-state index contributed by atoms with van der Waals surface area (Å²) in [5, 5.41) is 6.07. The Morgan fingerprint density at radius 1 is 1.17 bits per heavy atom. The van der Waals surface area contributed by atoms with Gasteiger partial charge in [-0.2, -0.15) is 0 Å². The van der Waals surface area contributed by atoms with Crippen molar-refractivity contribution >= 4 is 52.6 Å². The van der Waals surface area contributed by atoms with E-state index in [1.807, 2.05) is 29.8 Å². The molecule has 162 valence electrons. The first-order chi connectivity index (χ1) is 14.2. The number of imidazole rings is 1. The number of aryl methyl sites for hydroxylation is 1. The van der Waals surface area contributed by atoms with Crippen LogP contribution in [0.3, 0.4) is 0 Å². The fourth-order valence-corrected chi connectivity index (χ4v) is 3.30. The van der Waals surface area contributed by atoms with Gasteiger partial charge >= 0.3 is 7.60 Å².